The lowest BCUT2D eigenvalue weighted by Crippen LogP contribution is -2.41. The first kappa shape index (κ1) is 14.3. The number of hydrogen-bond acceptors (Lipinski definition) is 4. The van der Waals surface area contributed by atoms with Gasteiger partial charge < -0.3 is 10.2 Å². The smallest absolute Gasteiger partial charge is 0.292 e. The first-order valence-electron chi connectivity index (χ1n) is 7.75. The topological polar surface area (TPSA) is 58.4 Å². The third kappa shape index (κ3) is 2.88. The lowest BCUT2D eigenvalue weighted by atomic mass is 9.91. The summed E-state index contributed by atoms with van der Waals surface area (Å²) in [5.41, 5.74) is 1.76. The molecule has 0 aliphatic carbocycles. The fourth-order valence-electron chi connectivity index (χ4n) is 3.89. The zero-order valence-electron chi connectivity index (χ0n) is 12.7. The average molecular weight is 289 g/mol. The Labute approximate surface area is 125 Å². The molecule has 2 aliphatic heterocycles. The zero-order chi connectivity index (χ0) is 15.0. The number of rotatable bonds is 4. The average Bonchev–Trinajstić information content (AvgIpc) is 2.68. The number of fused-ring (bicyclic) bond motifs is 2. The van der Waals surface area contributed by atoms with Crippen LogP contribution in [0.3, 0.4) is 0 Å². The van der Waals surface area contributed by atoms with Gasteiger partial charge in [-0.3, -0.25) is 10.1 Å². The minimum absolute atomic E-state index is 0.186. The third-order valence-electron chi connectivity index (χ3n) is 5.13. The second-order valence-electron chi connectivity index (χ2n) is 6.55. The molecular weight excluding hydrogens is 266 g/mol. The minimum atomic E-state index is -0.298. The van der Waals surface area contributed by atoms with Crippen molar-refractivity contribution in [1.82, 2.24) is 4.90 Å². The van der Waals surface area contributed by atoms with E-state index in [1.165, 1.54) is 25.7 Å². The zero-order valence-corrected chi connectivity index (χ0v) is 12.7. The van der Waals surface area contributed by atoms with Gasteiger partial charge in [0.15, 0.2) is 0 Å². The van der Waals surface area contributed by atoms with Crippen LogP contribution in [0.15, 0.2) is 18.2 Å². The largest absolute Gasteiger partial charge is 0.379 e. The first-order valence-corrected chi connectivity index (χ1v) is 7.75. The molecule has 3 rings (SSSR count). The Morgan fingerprint density at radius 2 is 2.00 bits per heavy atom. The van der Waals surface area contributed by atoms with Gasteiger partial charge in [-0.05, 0) is 57.2 Å². The monoisotopic (exact) mass is 289 g/mol. The number of nitrogens with zero attached hydrogens (tertiary/aromatic N) is 2. The molecule has 5 nitrogen and oxygen atoms in total. The standard InChI is InChI=1S/C16H23N3O2/c1-11-3-6-15(16(7-11)19(20)21)17-10-12-8-13-4-5-14(9-12)18(13)2/h3,6-7,12-14,17H,4-5,8-10H2,1-2H3. The molecule has 2 unspecified atom stereocenters. The van der Waals surface area contributed by atoms with Crippen molar-refractivity contribution in [2.45, 2.75) is 44.7 Å². The Morgan fingerprint density at radius 3 is 2.62 bits per heavy atom. The van der Waals surface area contributed by atoms with Crippen LogP contribution >= 0.6 is 0 Å². The van der Waals surface area contributed by atoms with Gasteiger partial charge in [0.25, 0.3) is 5.69 Å². The third-order valence-corrected chi connectivity index (χ3v) is 5.13. The van der Waals surface area contributed by atoms with E-state index in [2.05, 4.69) is 17.3 Å². The van der Waals surface area contributed by atoms with Gasteiger partial charge >= 0.3 is 0 Å². The van der Waals surface area contributed by atoms with Crippen LogP contribution in [-0.2, 0) is 0 Å². The van der Waals surface area contributed by atoms with Gasteiger partial charge in [-0.1, -0.05) is 6.07 Å². The second-order valence-corrected chi connectivity index (χ2v) is 6.55. The summed E-state index contributed by atoms with van der Waals surface area (Å²) in [7, 11) is 2.23. The first-order chi connectivity index (χ1) is 10.0. The Morgan fingerprint density at radius 1 is 1.33 bits per heavy atom. The fourth-order valence-corrected chi connectivity index (χ4v) is 3.89. The van der Waals surface area contributed by atoms with Crippen LogP contribution in [0.4, 0.5) is 11.4 Å². The summed E-state index contributed by atoms with van der Waals surface area (Å²) in [6, 6.07) is 6.82. The molecule has 0 saturated carbocycles. The maximum absolute atomic E-state index is 11.1. The van der Waals surface area contributed by atoms with Crippen molar-refractivity contribution in [2.24, 2.45) is 5.92 Å². The van der Waals surface area contributed by atoms with Crippen molar-refractivity contribution in [3.8, 4) is 0 Å². The highest BCUT2D eigenvalue weighted by atomic mass is 16.6. The second kappa shape index (κ2) is 5.64. The molecule has 1 aromatic carbocycles. The number of hydrogen-bond donors (Lipinski definition) is 1. The van der Waals surface area contributed by atoms with Crippen LogP contribution < -0.4 is 5.32 Å². The lowest BCUT2D eigenvalue weighted by Gasteiger charge is -2.36. The van der Waals surface area contributed by atoms with Crippen molar-refractivity contribution in [2.75, 3.05) is 18.9 Å². The van der Waals surface area contributed by atoms with Crippen LogP contribution in [0.1, 0.15) is 31.2 Å². The molecule has 2 fully saturated rings. The van der Waals surface area contributed by atoms with Gasteiger partial charge in [-0.25, -0.2) is 0 Å². The summed E-state index contributed by atoms with van der Waals surface area (Å²) in [6.45, 7) is 2.72. The van der Waals surface area contributed by atoms with Crippen molar-refractivity contribution >= 4 is 11.4 Å². The summed E-state index contributed by atoms with van der Waals surface area (Å²) in [5.74, 6) is 0.625. The number of benzene rings is 1. The van der Waals surface area contributed by atoms with E-state index in [-0.39, 0.29) is 10.6 Å². The SMILES string of the molecule is Cc1ccc(NCC2CC3CCC(C2)N3C)c([N+](=O)[O-])c1. The van der Waals surface area contributed by atoms with Gasteiger partial charge in [0.2, 0.25) is 0 Å². The van der Waals surface area contributed by atoms with E-state index in [0.29, 0.717) is 23.7 Å². The Hall–Kier alpha value is -1.62. The molecule has 2 heterocycles. The van der Waals surface area contributed by atoms with E-state index in [0.717, 1.165) is 12.1 Å². The molecule has 114 valence electrons. The highest BCUT2D eigenvalue weighted by molar-refractivity contribution is 5.62. The maximum Gasteiger partial charge on any atom is 0.292 e. The van der Waals surface area contributed by atoms with Crippen molar-refractivity contribution in [3.63, 3.8) is 0 Å². The molecular formula is C16H23N3O2. The van der Waals surface area contributed by atoms with Gasteiger partial charge in [-0.15, -0.1) is 0 Å². The van der Waals surface area contributed by atoms with Crippen LogP contribution in [0, 0.1) is 23.0 Å². The van der Waals surface area contributed by atoms with Gasteiger partial charge in [0.05, 0.1) is 4.92 Å². The molecule has 1 N–H and O–H groups in total. The van der Waals surface area contributed by atoms with Crippen LogP contribution in [-0.4, -0.2) is 35.5 Å². The summed E-state index contributed by atoms with van der Waals surface area (Å²) in [4.78, 5) is 13.4. The summed E-state index contributed by atoms with van der Waals surface area (Å²) in [5, 5.41) is 14.5. The predicted octanol–water partition coefficient (Wildman–Crippen LogP) is 3.19. The van der Waals surface area contributed by atoms with E-state index in [1.54, 1.807) is 6.07 Å². The van der Waals surface area contributed by atoms with Gasteiger partial charge in [0, 0.05) is 24.7 Å². The molecule has 0 radical (unpaired) electrons. The lowest BCUT2D eigenvalue weighted by molar-refractivity contribution is -0.384. The molecule has 21 heavy (non-hydrogen) atoms. The molecule has 1 aromatic rings. The van der Waals surface area contributed by atoms with Crippen molar-refractivity contribution in [1.29, 1.82) is 0 Å². The van der Waals surface area contributed by atoms with E-state index in [1.807, 2.05) is 19.1 Å². The highest BCUT2D eigenvalue weighted by Gasteiger charge is 2.38. The van der Waals surface area contributed by atoms with E-state index in [9.17, 15) is 10.1 Å². The summed E-state index contributed by atoms with van der Waals surface area (Å²) in [6.07, 6.45) is 5.03. The summed E-state index contributed by atoms with van der Waals surface area (Å²) >= 11 is 0. The van der Waals surface area contributed by atoms with Crippen molar-refractivity contribution < 1.29 is 4.92 Å². The van der Waals surface area contributed by atoms with Gasteiger partial charge in [0.1, 0.15) is 5.69 Å². The maximum atomic E-state index is 11.1. The number of nitrogens with one attached hydrogen (secondary N) is 1. The molecule has 0 spiro atoms. The summed E-state index contributed by atoms with van der Waals surface area (Å²) < 4.78 is 0. The number of aryl methyl sites for hydroxylation is 1. The Bertz CT molecular complexity index is 532. The quantitative estimate of drug-likeness (QED) is 0.683. The van der Waals surface area contributed by atoms with E-state index >= 15 is 0 Å². The van der Waals surface area contributed by atoms with Crippen LogP contribution in [0.25, 0.3) is 0 Å². The van der Waals surface area contributed by atoms with Crippen LogP contribution in [0.5, 0.6) is 0 Å². The van der Waals surface area contributed by atoms with Crippen molar-refractivity contribution in [3.05, 3.63) is 33.9 Å². The number of nitro benzene ring substituents is 1. The molecule has 5 heteroatoms. The Kier molecular flexibility index (Phi) is 3.85. The fraction of sp³-hybridized carbons (Fsp3) is 0.625. The predicted molar refractivity (Wildman–Crippen MR) is 83.6 cm³/mol. The van der Waals surface area contributed by atoms with Gasteiger partial charge in [-0.2, -0.15) is 0 Å². The molecule has 2 aliphatic rings. The molecule has 0 aromatic heterocycles. The molecule has 2 atom stereocenters. The Balaban J connectivity index is 1.65. The molecule has 0 amide bonds. The van der Waals surface area contributed by atoms with Crippen LogP contribution in [0.2, 0.25) is 0 Å². The molecule has 2 bridgehead atoms. The van der Waals surface area contributed by atoms with E-state index in [4.69, 9.17) is 0 Å². The highest BCUT2D eigenvalue weighted by Crippen LogP contribution is 2.37. The number of piperidine rings is 1. The minimum Gasteiger partial charge on any atom is -0.379 e. The number of nitro groups is 1. The van der Waals surface area contributed by atoms with E-state index < -0.39 is 0 Å². The molecule has 2 saturated heterocycles. The number of anilines is 1. The normalized spacial score (nSPS) is 28.6.